The zero-order valence-corrected chi connectivity index (χ0v) is 77.1. The lowest BCUT2D eigenvalue weighted by Crippen LogP contribution is -2.16. The minimum atomic E-state index is 0.442. The van der Waals surface area contributed by atoms with Gasteiger partial charge in [0.2, 0.25) is 0 Å². The van der Waals surface area contributed by atoms with E-state index in [1.54, 1.807) is 0 Å². The molecule has 0 bridgehead atoms. The first-order chi connectivity index (χ1) is 42.6. The summed E-state index contributed by atoms with van der Waals surface area (Å²) in [6.45, 7) is 103. The van der Waals surface area contributed by atoms with Gasteiger partial charge in [-0.2, -0.15) is 0 Å². The summed E-state index contributed by atoms with van der Waals surface area (Å²) in [5.74, 6) is 5.53. The predicted molar refractivity (Wildman–Crippen MR) is 459 cm³/mol. The molecule has 1 saturated carbocycles. The zero-order valence-electron chi connectivity index (χ0n) is 77.1. The molecule has 0 aromatic carbocycles. The van der Waals surface area contributed by atoms with Crippen LogP contribution in [-0.4, -0.2) is 0 Å². The van der Waals surface area contributed by atoms with E-state index < -0.39 is 0 Å². The highest BCUT2D eigenvalue weighted by molar-refractivity contribution is 4.95. The first kappa shape index (κ1) is 111. The molecule has 3 unspecified atom stereocenters. The number of allylic oxidation sites excluding steroid dienone is 6. The smallest absolute Gasteiger partial charge is 0.0299 e. The molecule has 0 radical (unpaired) electrons. The van der Waals surface area contributed by atoms with E-state index in [0.717, 1.165) is 35.5 Å². The van der Waals surface area contributed by atoms with Crippen molar-refractivity contribution in [3.63, 3.8) is 0 Å². The highest BCUT2D eigenvalue weighted by atomic mass is 14.3. The normalized spacial score (nSPS) is 14.8. The average molecular weight is 1360 g/mol. The summed E-state index contributed by atoms with van der Waals surface area (Å²) in [5.41, 5.74) is 6.96. The molecule has 0 aliphatic heterocycles. The lowest BCUT2D eigenvalue weighted by atomic mass is 9.78. The van der Waals surface area contributed by atoms with Crippen molar-refractivity contribution in [1.29, 1.82) is 0 Å². The molecule has 0 spiro atoms. The van der Waals surface area contributed by atoms with Crippen LogP contribution in [0.15, 0.2) is 36.0 Å². The van der Waals surface area contributed by atoms with Gasteiger partial charge in [0.1, 0.15) is 0 Å². The quantitative estimate of drug-likeness (QED) is 0.0707. The third-order valence-electron chi connectivity index (χ3n) is 16.7. The summed E-state index contributed by atoms with van der Waals surface area (Å²) >= 11 is 0. The molecule has 3 atom stereocenters. The van der Waals surface area contributed by atoms with Gasteiger partial charge in [0.15, 0.2) is 0 Å². The minimum absolute atomic E-state index is 0.442. The van der Waals surface area contributed by atoms with Crippen LogP contribution < -0.4 is 0 Å². The maximum absolute atomic E-state index is 2.39. The Hall–Kier alpha value is -0.780. The molecule has 1 aliphatic carbocycles. The number of hydrogen-bond donors (Lipinski definition) is 0. The largest absolute Gasteiger partial charge is 0.0917 e. The van der Waals surface area contributed by atoms with E-state index in [-0.39, 0.29) is 0 Å². The van der Waals surface area contributed by atoms with Gasteiger partial charge in [-0.1, -0.05) is 429 Å². The SMILES string of the molecule is C/C=C\CC/C=C/CC(C)(C)C.CC(C)(C)CC(C)(C)C.CC(C)(C)CCCC1CCCCC1.CC(C)=CCC(C)(C)C.CC(C)CCC(C)(C)C.CC(C)CCCCC(C)(C)C.CC(CCC(C)(C)C)CC(C)(C)C.CCC(C)CC(C)(C)C.CCCC(C)CCC(C)(C)C. The van der Waals surface area contributed by atoms with Crippen molar-refractivity contribution < 1.29 is 0 Å². The Labute approximate surface area is 618 Å². The van der Waals surface area contributed by atoms with Gasteiger partial charge < -0.3 is 0 Å². The second-order valence-electron chi connectivity index (χ2n) is 45.6. The highest BCUT2D eigenvalue weighted by Gasteiger charge is 2.22. The van der Waals surface area contributed by atoms with Crippen LogP contribution in [0.5, 0.6) is 0 Å². The van der Waals surface area contributed by atoms with Crippen molar-refractivity contribution in [3.05, 3.63) is 36.0 Å². The third kappa shape index (κ3) is 136. The van der Waals surface area contributed by atoms with Gasteiger partial charge in [-0.05, 0) is 193 Å². The Morgan fingerprint density at radius 3 is 0.990 bits per heavy atom. The molecule has 0 aromatic heterocycles. The molecule has 0 amide bonds. The Kier molecular flexibility index (Phi) is 66.7. The van der Waals surface area contributed by atoms with E-state index in [4.69, 9.17) is 0 Å². The molecule has 0 nitrogen and oxygen atoms in total. The molecule has 0 aromatic rings. The molecule has 0 heteroatoms. The van der Waals surface area contributed by atoms with E-state index >= 15 is 0 Å². The lowest BCUT2D eigenvalue weighted by Gasteiger charge is -2.28. The fraction of sp³-hybridized carbons (Fsp3) is 0.938. The van der Waals surface area contributed by atoms with Crippen LogP contribution in [0.25, 0.3) is 0 Å². The van der Waals surface area contributed by atoms with Crippen molar-refractivity contribution in [2.24, 2.45) is 95.1 Å². The van der Waals surface area contributed by atoms with Crippen LogP contribution in [-0.2, 0) is 0 Å². The molecule has 0 heterocycles. The Bertz CT molecular complexity index is 1680. The van der Waals surface area contributed by atoms with Crippen molar-refractivity contribution in [2.45, 2.75) is 491 Å². The van der Waals surface area contributed by atoms with Crippen LogP contribution in [0.1, 0.15) is 491 Å². The van der Waals surface area contributed by atoms with Crippen molar-refractivity contribution in [2.75, 3.05) is 0 Å². The fourth-order valence-corrected chi connectivity index (χ4v) is 11.7. The predicted octanol–water partition coefficient (Wildman–Crippen LogP) is 36.3. The molecule has 0 saturated heterocycles. The maximum Gasteiger partial charge on any atom is -0.0299 e. The second kappa shape index (κ2) is 57.6. The monoisotopic (exact) mass is 1360 g/mol. The molecular weight excluding hydrogens is 1150 g/mol. The number of unbranched alkanes of at least 4 members (excludes halogenated alkanes) is 2. The van der Waals surface area contributed by atoms with E-state index in [1.807, 2.05) is 0 Å². The molecule has 1 rings (SSSR count). The van der Waals surface area contributed by atoms with E-state index in [9.17, 15) is 0 Å². The highest BCUT2D eigenvalue weighted by Crippen LogP contribution is 2.34. The minimum Gasteiger partial charge on any atom is -0.0917 e. The van der Waals surface area contributed by atoms with Crippen LogP contribution in [0.2, 0.25) is 0 Å². The summed E-state index contributed by atoms with van der Waals surface area (Å²) in [5, 5.41) is 0. The first-order valence-electron chi connectivity index (χ1n) is 41.5. The summed E-state index contributed by atoms with van der Waals surface area (Å²) in [7, 11) is 0. The first-order valence-corrected chi connectivity index (χ1v) is 41.5. The van der Waals surface area contributed by atoms with Gasteiger partial charge in [0, 0.05) is 0 Å². The van der Waals surface area contributed by atoms with Gasteiger partial charge in [-0.25, -0.2) is 0 Å². The standard InChI is InChI=1S/C13H26.C13H28.C12H22.2C11H24.2C9H20.C9H18.C9H20/c1-13(2,3)11-7-10-12-8-5-4-6-9-12;1-11(10-13(5,6)7)8-9-12(2,3)4;1-5-6-7-8-9-10-11-12(2,3)4;1-10(2)8-6-7-9-11(3,4)5;1-6-7-10(2)8-9-11(3,4)5;1-8(2,3)7-9(4,5)6;2*1-8(2)6-7-9(3,4)5;1-6-8(2)7-9(3,4)5/h12H,4-11H2,1-3H3;11H,8-10H2,1-7H3;5-6,9-10H,7-8,11H2,1-4H3;2*10H,6-9H2,1-5H3;7H2,1-6H3;8H,6-7H2,1-5H3;6H,7H2,1-5H3;8H,6-7H2,1-5H3/b;;6-5-,10-9+;;;;;;. The topological polar surface area (TPSA) is 0 Å². The van der Waals surface area contributed by atoms with Crippen molar-refractivity contribution in [1.82, 2.24) is 0 Å². The van der Waals surface area contributed by atoms with Gasteiger partial charge in [-0.3, -0.25) is 0 Å². The third-order valence-corrected chi connectivity index (χ3v) is 16.7. The maximum atomic E-state index is 2.39. The Morgan fingerprint density at radius 1 is 0.344 bits per heavy atom. The zero-order chi connectivity index (χ0) is 77.9. The fourth-order valence-electron chi connectivity index (χ4n) is 11.7. The summed E-state index contributed by atoms with van der Waals surface area (Å²) in [6, 6.07) is 0. The lowest BCUT2D eigenvalue weighted by molar-refractivity contribution is 0.233. The van der Waals surface area contributed by atoms with E-state index in [0.29, 0.717) is 59.6 Å². The second-order valence-corrected chi connectivity index (χ2v) is 45.6. The van der Waals surface area contributed by atoms with Crippen LogP contribution >= 0.6 is 0 Å². The van der Waals surface area contributed by atoms with Crippen molar-refractivity contribution >= 4 is 0 Å². The molecule has 1 aliphatic rings. The molecule has 0 N–H and O–H groups in total. The van der Waals surface area contributed by atoms with E-state index in [1.165, 1.54) is 185 Å². The van der Waals surface area contributed by atoms with Crippen LogP contribution in [0, 0.1) is 95.1 Å². The molecule has 586 valence electrons. The average Bonchev–Trinajstić information content (AvgIpc) is 1.77. The van der Waals surface area contributed by atoms with Gasteiger partial charge >= 0.3 is 0 Å². The van der Waals surface area contributed by atoms with Crippen molar-refractivity contribution in [3.8, 4) is 0 Å². The molecule has 96 heavy (non-hydrogen) atoms. The summed E-state index contributed by atoms with van der Waals surface area (Å²) in [4.78, 5) is 0. The summed E-state index contributed by atoms with van der Waals surface area (Å²) in [6.07, 6.45) is 49.7. The Morgan fingerprint density at radius 2 is 0.708 bits per heavy atom. The van der Waals surface area contributed by atoms with E-state index in [2.05, 4.69) is 342 Å². The molecular formula is C96H202. The number of hydrogen-bond acceptors (Lipinski definition) is 0. The van der Waals surface area contributed by atoms with Crippen LogP contribution in [0.3, 0.4) is 0 Å². The summed E-state index contributed by atoms with van der Waals surface area (Å²) < 4.78 is 0. The van der Waals surface area contributed by atoms with Gasteiger partial charge in [-0.15, -0.1) is 0 Å². The number of rotatable bonds is 23. The van der Waals surface area contributed by atoms with Gasteiger partial charge in [0.25, 0.3) is 0 Å². The van der Waals surface area contributed by atoms with Crippen LogP contribution in [0.4, 0.5) is 0 Å². The molecule has 1 fully saturated rings. The van der Waals surface area contributed by atoms with Gasteiger partial charge in [0.05, 0.1) is 0 Å². The Balaban J connectivity index is -0.000000152.